The smallest absolute Gasteiger partial charge is 0.270 e. The van der Waals surface area contributed by atoms with Crippen molar-refractivity contribution < 1.29 is 9.53 Å². The Labute approximate surface area is 127 Å². The molecule has 0 bridgehead atoms. The van der Waals surface area contributed by atoms with Gasteiger partial charge in [0.2, 0.25) is 0 Å². The summed E-state index contributed by atoms with van der Waals surface area (Å²) in [7, 11) is 1.62. The highest BCUT2D eigenvalue weighted by molar-refractivity contribution is 5.92. The molecule has 0 aliphatic rings. The van der Waals surface area contributed by atoms with Crippen LogP contribution in [0.15, 0.2) is 42.6 Å². The summed E-state index contributed by atoms with van der Waals surface area (Å²) in [6, 6.07) is 11.0. The van der Waals surface area contributed by atoms with Crippen LogP contribution in [-0.2, 0) is 6.54 Å². The van der Waals surface area contributed by atoms with Gasteiger partial charge in [-0.05, 0) is 30.7 Å². The molecule has 2 heterocycles. The fourth-order valence-corrected chi connectivity index (χ4v) is 2.20. The number of hydrogen-bond acceptors (Lipinski definition) is 4. The summed E-state index contributed by atoms with van der Waals surface area (Å²) in [4.78, 5) is 16.5. The Hall–Kier alpha value is -2.89. The standard InChI is InChI=1S/C16H16N4O2/c1-11-9-15-17-8-7-14(20(15)19-11)16(21)18-10-12-3-5-13(22-2)6-4-12/h3-9H,10H2,1-2H3,(H,18,21). The zero-order valence-electron chi connectivity index (χ0n) is 12.4. The molecule has 0 aliphatic heterocycles. The third kappa shape index (κ3) is 2.76. The van der Waals surface area contributed by atoms with E-state index in [9.17, 15) is 4.79 Å². The molecule has 6 heteroatoms. The van der Waals surface area contributed by atoms with Gasteiger partial charge in [0.25, 0.3) is 5.91 Å². The number of aromatic nitrogens is 3. The number of carbonyl (C=O) groups is 1. The molecular formula is C16H16N4O2. The molecule has 3 rings (SSSR count). The van der Waals surface area contributed by atoms with Crippen LogP contribution < -0.4 is 10.1 Å². The Balaban J connectivity index is 1.75. The van der Waals surface area contributed by atoms with Crippen molar-refractivity contribution in [2.24, 2.45) is 0 Å². The Kier molecular flexibility index (Phi) is 3.74. The maximum Gasteiger partial charge on any atom is 0.270 e. The van der Waals surface area contributed by atoms with E-state index in [2.05, 4.69) is 15.4 Å². The zero-order chi connectivity index (χ0) is 15.5. The normalized spacial score (nSPS) is 10.6. The van der Waals surface area contributed by atoms with Crippen LogP contribution in [-0.4, -0.2) is 27.6 Å². The highest BCUT2D eigenvalue weighted by Gasteiger charge is 2.11. The highest BCUT2D eigenvalue weighted by Crippen LogP contribution is 2.11. The van der Waals surface area contributed by atoms with Crippen molar-refractivity contribution >= 4 is 11.6 Å². The van der Waals surface area contributed by atoms with E-state index in [1.807, 2.05) is 37.3 Å². The number of carbonyl (C=O) groups excluding carboxylic acids is 1. The van der Waals surface area contributed by atoms with Gasteiger partial charge in [0.1, 0.15) is 11.4 Å². The average Bonchev–Trinajstić information content (AvgIpc) is 2.93. The second-order valence-electron chi connectivity index (χ2n) is 4.92. The average molecular weight is 296 g/mol. The van der Waals surface area contributed by atoms with Gasteiger partial charge in [0.15, 0.2) is 5.65 Å². The first-order chi connectivity index (χ1) is 10.7. The first-order valence-electron chi connectivity index (χ1n) is 6.90. The predicted molar refractivity (Wildman–Crippen MR) is 81.9 cm³/mol. The van der Waals surface area contributed by atoms with Crippen molar-refractivity contribution in [3.63, 3.8) is 0 Å². The Morgan fingerprint density at radius 2 is 2.05 bits per heavy atom. The Morgan fingerprint density at radius 3 is 2.77 bits per heavy atom. The molecule has 0 aliphatic carbocycles. The number of ether oxygens (including phenoxy) is 1. The second-order valence-corrected chi connectivity index (χ2v) is 4.92. The fraction of sp³-hybridized carbons (Fsp3) is 0.188. The summed E-state index contributed by atoms with van der Waals surface area (Å²) in [6.45, 7) is 2.31. The molecule has 0 saturated carbocycles. The van der Waals surface area contributed by atoms with Gasteiger partial charge in [-0.3, -0.25) is 4.79 Å². The minimum absolute atomic E-state index is 0.189. The third-order valence-corrected chi connectivity index (χ3v) is 3.32. The van der Waals surface area contributed by atoms with Crippen LogP contribution in [0.5, 0.6) is 5.75 Å². The number of methoxy groups -OCH3 is 1. The van der Waals surface area contributed by atoms with Crippen molar-refractivity contribution in [2.75, 3.05) is 7.11 Å². The summed E-state index contributed by atoms with van der Waals surface area (Å²) in [5.74, 6) is 0.601. The minimum atomic E-state index is -0.189. The number of aryl methyl sites for hydroxylation is 1. The van der Waals surface area contributed by atoms with E-state index in [0.29, 0.717) is 17.9 Å². The van der Waals surface area contributed by atoms with Crippen LogP contribution in [0.25, 0.3) is 5.65 Å². The molecule has 6 nitrogen and oxygen atoms in total. The van der Waals surface area contributed by atoms with Gasteiger partial charge in [-0.2, -0.15) is 5.10 Å². The van der Waals surface area contributed by atoms with Gasteiger partial charge in [-0.15, -0.1) is 0 Å². The molecule has 0 saturated heterocycles. The van der Waals surface area contributed by atoms with Crippen molar-refractivity contribution in [1.82, 2.24) is 19.9 Å². The number of nitrogens with one attached hydrogen (secondary N) is 1. The first kappa shape index (κ1) is 14.1. The van der Waals surface area contributed by atoms with E-state index in [1.165, 1.54) is 0 Å². The molecule has 1 amide bonds. The van der Waals surface area contributed by atoms with E-state index in [-0.39, 0.29) is 5.91 Å². The van der Waals surface area contributed by atoms with Gasteiger partial charge >= 0.3 is 0 Å². The highest BCUT2D eigenvalue weighted by atomic mass is 16.5. The summed E-state index contributed by atoms with van der Waals surface area (Å²) < 4.78 is 6.66. The Morgan fingerprint density at radius 1 is 1.27 bits per heavy atom. The molecule has 0 atom stereocenters. The molecule has 112 valence electrons. The van der Waals surface area contributed by atoms with Gasteiger partial charge in [0.05, 0.1) is 12.8 Å². The van der Waals surface area contributed by atoms with E-state index in [0.717, 1.165) is 17.0 Å². The van der Waals surface area contributed by atoms with E-state index in [1.54, 1.807) is 23.9 Å². The summed E-state index contributed by atoms with van der Waals surface area (Å²) in [5.41, 5.74) is 2.94. The lowest BCUT2D eigenvalue weighted by Gasteiger charge is -2.07. The zero-order valence-corrected chi connectivity index (χ0v) is 12.4. The number of benzene rings is 1. The maximum atomic E-state index is 12.3. The van der Waals surface area contributed by atoms with Crippen LogP contribution >= 0.6 is 0 Å². The number of amides is 1. The molecule has 0 unspecified atom stereocenters. The van der Waals surface area contributed by atoms with Crippen molar-refractivity contribution in [3.8, 4) is 5.75 Å². The van der Waals surface area contributed by atoms with Crippen molar-refractivity contribution in [3.05, 3.63) is 59.5 Å². The maximum absolute atomic E-state index is 12.3. The molecule has 0 spiro atoms. The van der Waals surface area contributed by atoms with Crippen LogP contribution in [0.4, 0.5) is 0 Å². The lowest BCUT2D eigenvalue weighted by Crippen LogP contribution is -2.25. The van der Waals surface area contributed by atoms with Crippen LogP contribution in [0, 0.1) is 6.92 Å². The van der Waals surface area contributed by atoms with Crippen LogP contribution in [0.3, 0.4) is 0 Å². The number of hydrogen-bond donors (Lipinski definition) is 1. The van der Waals surface area contributed by atoms with Gasteiger partial charge in [-0.25, -0.2) is 9.50 Å². The van der Waals surface area contributed by atoms with Gasteiger partial charge in [-0.1, -0.05) is 12.1 Å². The summed E-state index contributed by atoms with van der Waals surface area (Å²) in [6.07, 6.45) is 1.61. The monoisotopic (exact) mass is 296 g/mol. The summed E-state index contributed by atoms with van der Waals surface area (Å²) in [5, 5.41) is 7.17. The molecule has 1 N–H and O–H groups in total. The van der Waals surface area contributed by atoms with Crippen LogP contribution in [0.2, 0.25) is 0 Å². The SMILES string of the molecule is COc1ccc(CNC(=O)c2ccnc3cc(C)nn23)cc1. The van der Waals surface area contributed by atoms with E-state index >= 15 is 0 Å². The van der Waals surface area contributed by atoms with Gasteiger partial charge in [0, 0.05) is 18.8 Å². The van der Waals surface area contributed by atoms with Crippen molar-refractivity contribution in [1.29, 1.82) is 0 Å². The number of fused-ring (bicyclic) bond motifs is 1. The fourth-order valence-electron chi connectivity index (χ4n) is 2.20. The lowest BCUT2D eigenvalue weighted by atomic mass is 10.2. The molecule has 0 fully saturated rings. The largest absolute Gasteiger partial charge is 0.497 e. The molecule has 1 aromatic carbocycles. The predicted octanol–water partition coefficient (Wildman–Crippen LogP) is 1.98. The number of nitrogens with zero attached hydrogens (tertiary/aromatic N) is 3. The minimum Gasteiger partial charge on any atom is -0.497 e. The first-order valence-corrected chi connectivity index (χ1v) is 6.90. The van der Waals surface area contributed by atoms with Crippen molar-refractivity contribution in [2.45, 2.75) is 13.5 Å². The topological polar surface area (TPSA) is 68.5 Å². The molecule has 2 aromatic heterocycles. The third-order valence-electron chi connectivity index (χ3n) is 3.32. The molecular weight excluding hydrogens is 280 g/mol. The Bertz CT molecular complexity index is 809. The summed E-state index contributed by atoms with van der Waals surface area (Å²) >= 11 is 0. The van der Waals surface area contributed by atoms with E-state index in [4.69, 9.17) is 4.74 Å². The number of rotatable bonds is 4. The molecule has 3 aromatic rings. The van der Waals surface area contributed by atoms with E-state index < -0.39 is 0 Å². The van der Waals surface area contributed by atoms with Gasteiger partial charge < -0.3 is 10.1 Å². The lowest BCUT2D eigenvalue weighted by molar-refractivity contribution is 0.0943. The second kappa shape index (κ2) is 5.85. The molecule has 0 radical (unpaired) electrons. The quantitative estimate of drug-likeness (QED) is 0.799. The molecule has 22 heavy (non-hydrogen) atoms. The van der Waals surface area contributed by atoms with Crippen LogP contribution in [0.1, 0.15) is 21.7 Å².